The van der Waals surface area contributed by atoms with Crippen molar-refractivity contribution >= 4 is 0 Å². The molecule has 2 heteroatoms. The molecule has 2 nitrogen and oxygen atoms in total. The molecule has 1 saturated carbocycles. The molecule has 0 bridgehead atoms. The lowest BCUT2D eigenvalue weighted by Gasteiger charge is -2.26. The lowest BCUT2D eigenvalue weighted by molar-refractivity contribution is 0.117. The van der Waals surface area contributed by atoms with E-state index in [2.05, 4.69) is 11.4 Å². The number of aliphatic hydroxyl groups is 1. The van der Waals surface area contributed by atoms with Crippen LogP contribution >= 0.6 is 0 Å². The largest absolute Gasteiger partial charge is 0.393 e. The highest BCUT2D eigenvalue weighted by molar-refractivity contribution is 5.07. The highest BCUT2D eigenvalue weighted by Gasteiger charge is 2.18. The molecule has 2 aliphatic carbocycles. The van der Waals surface area contributed by atoms with Crippen LogP contribution in [0.25, 0.3) is 0 Å². The van der Waals surface area contributed by atoms with E-state index in [0.29, 0.717) is 6.04 Å². The first-order chi connectivity index (χ1) is 7.34. The molecule has 0 heterocycles. The summed E-state index contributed by atoms with van der Waals surface area (Å²) in [6.07, 6.45) is 11.9. The minimum Gasteiger partial charge on any atom is -0.393 e. The Bertz CT molecular complexity index is 217. The molecule has 2 aliphatic rings. The lowest BCUT2D eigenvalue weighted by Crippen LogP contribution is -2.35. The normalized spacial score (nSPS) is 31.7. The first-order valence-electron chi connectivity index (χ1n) is 6.44. The number of allylic oxidation sites excluding steroid dienone is 1. The number of hydrogen-bond donors (Lipinski definition) is 2. The molecule has 0 spiro atoms. The van der Waals surface area contributed by atoms with Gasteiger partial charge in [0.2, 0.25) is 0 Å². The van der Waals surface area contributed by atoms with Crippen LogP contribution in [0.2, 0.25) is 0 Å². The van der Waals surface area contributed by atoms with E-state index < -0.39 is 0 Å². The molecule has 0 radical (unpaired) electrons. The predicted molar refractivity (Wildman–Crippen MR) is 62.8 cm³/mol. The van der Waals surface area contributed by atoms with E-state index in [1.165, 1.54) is 25.7 Å². The van der Waals surface area contributed by atoms with Crippen LogP contribution in [0, 0.1) is 0 Å². The van der Waals surface area contributed by atoms with Gasteiger partial charge < -0.3 is 10.4 Å². The van der Waals surface area contributed by atoms with Crippen molar-refractivity contribution in [2.24, 2.45) is 0 Å². The van der Waals surface area contributed by atoms with Crippen LogP contribution < -0.4 is 5.32 Å². The minimum absolute atomic E-state index is 0.0272. The fourth-order valence-electron chi connectivity index (χ4n) is 2.68. The van der Waals surface area contributed by atoms with Crippen LogP contribution in [0.15, 0.2) is 11.6 Å². The number of hydrogen-bond acceptors (Lipinski definition) is 2. The Morgan fingerprint density at radius 2 is 2.07 bits per heavy atom. The molecule has 0 aromatic heterocycles. The Labute approximate surface area is 92.8 Å². The van der Waals surface area contributed by atoms with E-state index in [1.54, 1.807) is 5.57 Å². The molecule has 0 aromatic carbocycles. The second-order valence-electron chi connectivity index (χ2n) is 4.96. The van der Waals surface area contributed by atoms with Crippen molar-refractivity contribution in [2.75, 3.05) is 6.54 Å². The molecule has 0 atom stereocenters. The highest BCUT2D eigenvalue weighted by atomic mass is 16.3. The summed E-state index contributed by atoms with van der Waals surface area (Å²) in [5.41, 5.74) is 1.65. The Balaban J connectivity index is 1.57. The average Bonchev–Trinajstić information content (AvgIpc) is 2.74. The average molecular weight is 209 g/mol. The summed E-state index contributed by atoms with van der Waals surface area (Å²) in [5, 5.41) is 13.0. The van der Waals surface area contributed by atoms with Gasteiger partial charge >= 0.3 is 0 Å². The third kappa shape index (κ3) is 3.62. The van der Waals surface area contributed by atoms with Crippen LogP contribution in [0.3, 0.4) is 0 Å². The molecule has 2 rings (SSSR count). The maximum atomic E-state index is 9.39. The zero-order valence-electron chi connectivity index (χ0n) is 9.54. The minimum atomic E-state index is -0.0272. The summed E-state index contributed by atoms with van der Waals surface area (Å²) >= 11 is 0. The molecule has 0 unspecified atom stereocenters. The molecule has 86 valence electrons. The van der Waals surface area contributed by atoms with E-state index in [9.17, 15) is 5.11 Å². The molecule has 0 amide bonds. The van der Waals surface area contributed by atoms with Gasteiger partial charge in [0.15, 0.2) is 0 Å². The van der Waals surface area contributed by atoms with Crippen LogP contribution in [0.4, 0.5) is 0 Å². The summed E-state index contributed by atoms with van der Waals surface area (Å²) < 4.78 is 0. The first kappa shape index (κ1) is 11.2. The lowest BCUT2D eigenvalue weighted by atomic mass is 9.93. The summed E-state index contributed by atoms with van der Waals surface area (Å²) in [6.45, 7) is 1.13. The summed E-state index contributed by atoms with van der Waals surface area (Å²) in [6, 6.07) is 0.662. The van der Waals surface area contributed by atoms with Gasteiger partial charge in [-0.05, 0) is 57.9 Å². The molecule has 15 heavy (non-hydrogen) atoms. The smallest absolute Gasteiger partial charge is 0.0541 e. The summed E-state index contributed by atoms with van der Waals surface area (Å²) in [4.78, 5) is 0. The topological polar surface area (TPSA) is 32.3 Å². The quantitative estimate of drug-likeness (QED) is 0.697. The van der Waals surface area contributed by atoms with Gasteiger partial charge in [-0.15, -0.1) is 0 Å². The van der Waals surface area contributed by atoms with Gasteiger partial charge in [-0.2, -0.15) is 0 Å². The van der Waals surface area contributed by atoms with Gasteiger partial charge in [0, 0.05) is 6.04 Å². The number of rotatable bonds is 4. The standard InChI is InChI=1S/C13H23NO/c15-13-7-5-12(6-8-13)14-10-9-11-3-1-2-4-11/h3,12-15H,1-2,4-10H2. The number of nitrogens with one attached hydrogen (secondary N) is 1. The SMILES string of the molecule is OC1CCC(NCCC2=CCCC2)CC1. The Hall–Kier alpha value is -0.340. The number of aliphatic hydroxyl groups excluding tert-OH is 1. The van der Waals surface area contributed by atoms with Gasteiger partial charge in [0.1, 0.15) is 0 Å². The van der Waals surface area contributed by atoms with Crippen molar-refractivity contribution in [1.29, 1.82) is 0 Å². The van der Waals surface area contributed by atoms with E-state index in [0.717, 1.165) is 32.2 Å². The van der Waals surface area contributed by atoms with E-state index >= 15 is 0 Å². The van der Waals surface area contributed by atoms with Gasteiger partial charge in [-0.25, -0.2) is 0 Å². The molecule has 0 saturated heterocycles. The molecular weight excluding hydrogens is 186 g/mol. The van der Waals surface area contributed by atoms with E-state index in [1.807, 2.05) is 0 Å². The Kier molecular flexibility index (Phi) is 4.21. The van der Waals surface area contributed by atoms with Gasteiger partial charge in [-0.3, -0.25) is 0 Å². The van der Waals surface area contributed by atoms with Crippen molar-refractivity contribution in [3.63, 3.8) is 0 Å². The van der Waals surface area contributed by atoms with Crippen LogP contribution in [0.5, 0.6) is 0 Å². The second-order valence-corrected chi connectivity index (χ2v) is 4.96. The predicted octanol–water partition coefficient (Wildman–Crippen LogP) is 2.38. The van der Waals surface area contributed by atoms with Crippen LogP contribution in [-0.4, -0.2) is 23.8 Å². The van der Waals surface area contributed by atoms with Crippen LogP contribution in [0.1, 0.15) is 51.4 Å². The second kappa shape index (κ2) is 5.66. The maximum absolute atomic E-state index is 9.39. The first-order valence-corrected chi connectivity index (χ1v) is 6.44. The zero-order chi connectivity index (χ0) is 10.5. The monoisotopic (exact) mass is 209 g/mol. The molecule has 1 fully saturated rings. The molecule has 0 aromatic rings. The fraction of sp³-hybridized carbons (Fsp3) is 0.846. The Morgan fingerprint density at radius 1 is 1.27 bits per heavy atom. The summed E-state index contributed by atoms with van der Waals surface area (Å²) in [7, 11) is 0. The van der Waals surface area contributed by atoms with Crippen molar-refractivity contribution in [3.8, 4) is 0 Å². The van der Waals surface area contributed by atoms with Crippen molar-refractivity contribution in [2.45, 2.75) is 63.5 Å². The molecule has 0 aliphatic heterocycles. The summed E-state index contributed by atoms with van der Waals surface area (Å²) in [5.74, 6) is 0. The van der Waals surface area contributed by atoms with Crippen molar-refractivity contribution in [1.82, 2.24) is 5.32 Å². The van der Waals surface area contributed by atoms with Gasteiger partial charge in [0.25, 0.3) is 0 Å². The third-order valence-electron chi connectivity index (χ3n) is 3.71. The fourth-order valence-corrected chi connectivity index (χ4v) is 2.68. The van der Waals surface area contributed by atoms with Crippen molar-refractivity contribution < 1.29 is 5.11 Å². The van der Waals surface area contributed by atoms with Crippen molar-refractivity contribution in [3.05, 3.63) is 11.6 Å². The third-order valence-corrected chi connectivity index (χ3v) is 3.71. The molecular formula is C13H23NO. The van der Waals surface area contributed by atoms with Gasteiger partial charge in [-0.1, -0.05) is 11.6 Å². The van der Waals surface area contributed by atoms with E-state index in [-0.39, 0.29) is 6.10 Å². The molecule has 2 N–H and O–H groups in total. The van der Waals surface area contributed by atoms with E-state index in [4.69, 9.17) is 0 Å². The van der Waals surface area contributed by atoms with Crippen LogP contribution in [-0.2, 0) is 0 Å². The Morgan fingerprint density at radius 3 is 2.73 bits per heavy atom. The van der Waals surface area contributed by atoms with Gasteiger partial charge in [0.05, 0.1) is 6.10 Å². The highest BCUT2D eigenvalue weighted by Crippen LogP contribution is 2.21. The zero-order valence-corrected chi connectivity index (χ0v) is 9.54. The maximum Gasteiger partial charge on any atom is 0.0541 e.